The van der Waals surface area contributed by atoms with Gasteiger partial charge >= 0.3 is 5.97 Å². The van der Waals surface area contributed by atoms with Gasteiger partial charge in [0.15, 0.2) is 11.5 Å². The number of rotatable bonds is 2. The smallest absolute Gasteiger partial charge is 0.356 e. The number of fused-ring (bicyclic) bond motifs is 1. The van der Waals surface area contributed by atoms with E-state index in [0.29, 0.717) is 11.6 Å². The van der Waals surface area contributed by atoms with Crippen LogP contribution in [0.15, 0.2) is 30.5 Å². The Morgan fingerprint density at radius 3 is 2.89 bits per heavy atom. The van der Waals surface area contributed by atoms with E-state index >= 15 is 0 Å². The van der Waals surface area contributed by atoms with E-state index in [-0.39, 0.29) is 5.69 Å². The SMILES string of the molecule is Cc1ccccc1-c1nc2ncc(C(=O)O)n2[nH]1. The van der Waals surface area contributed by atoms with Gasteiger partial charge < -0.3 is 5.11 Å². The summed E-state index contributed by atoms with van der Waals surface area (Å²) in [4.78, 5) is 19.2. The van der Waals surface area contributed by atoms with E-state index < -0.39 is 5.97 Å². The van der Waals surface area contributed by atoms with E-state index in [0.717, 1.165) is 11.1 Å². The number of hydrogen-bond donors (Lipinski definition) is 2. The van der Waals surface area contributed by atoms with E-state index in [2.05, 4.69) is 15.1 Å². The molecule has 3 rings (SSSR count). The fraction of sp³-hybridized carbons (Fsp3) is 0.0833. The van der Waals surface area contributed by atoms with Crippen molar-refractivity contribution in [2.75, 3.05) is 0 Å². The highest BCUT2D eigenvalue weighted by atomic mass is 16.4. The fourth-order valence-corrected chi connectivity index (χ4v) is 1.87. The van der Waals surface area contributed by atoms with Crippen LogP contribution < -0.4 is 0 Å². The number of carboxylic acids is 1. The lowest BCUT2D eigenvalue weighted by Crippen LogP contribution is -2.01. The summed E-state index contributed by atoms with van der Waals surface area (Å²) in [6.07, 6.45) is 1.28. The lowest BCUT2D eigenvalue weighted by Gasteiger charge is -2.00. The highest BCUT2D eigenvalue weighted by Crippen LogP contribution is 2.20. The minimum atomic E-state index is -1.04. The molecule has 0 unspecified atom stereocenters. The predicted octanol–water partition coefficient (Wildman–Crippen LogP) is 1.73. The Hall–Kier alpha value is -2.63. The Kier molecular flexibility index (Phi) is 2.16. The molecule has 90 valence electrons. The maximum Gasteiger partial charge on any atom is 0.356 e. The molecule has 0 spiro atoms. The summed E-state index contributed by atoms with van der Waals surface area (Å²) in [6, 6.07) is 7.74. The topological polar surface area (TPSA) is 83.3 Å². The lowest BCUT2D eigenvalue weighted by atomic mass is 10.1. The van der Waals surface area contributed by atoms with Crippen molar-refractivity contribution in [1.29, 1.82) is 0 Å². The summed E-state index contributed by atoms with van der Waals surface area (Å²) in [6.45, 7) is 1.97. The largest absolute Gasteiger partial charge is 0.476 e. The second-order valence-electron chi connectivity index (χ2n) is 3.97. The molecule has 3 aromatic rings. The summed E-state index contributed by atoms with van der Waals surface area (Å²) < 4.78 is 1.37. The van der Waals surface area contributed by atoms with Crippen LogP contribution >= 0.6 is 0 Å². The molecule has 1 aromatic carbocycles. The number of imidazole rings is 1. The van der Waals surface area contributed by atoms with Crippen LogP contribution in [-0.2, 0) is 0 Å². The standard InChI is InChI=1S/C12H10N4O2/c1-7-4-2-3-5-8(7)10-14-12-13-6-9(11(17)18)16(12)15-10/h2-6H,1H3,(H,17,18)(H,13,14,15). The number of aromatic carboxylic acids is 1. The van der Waals surface area contributed by atoms with Crippen LogP contribution in [0.25, 0.3) is 17.2 Å². The Balaban J connectivity index is 2.20. The minimum Gasteiger partial charge on any atom is -0.476 e. The molecule has 0 aliphatic carbocycles. The first kappa shape index (κ1) is 10.5. The van der Waals surface area contributed by atoms with Crippen LogP contribution in [0.4, 0.5) is 0 Å². The van der Waals surface area contributed by atoms with E-state index in [1.165, 1.54) is 10.7 Å². The number of nitrogens with zero attached hydrogens (tertiary/aromatic N) is 3. The highest BCUT2D eigenvalue weighted by molar-refractivity contribution is 5.86. The van der Waals surface area contributed by atoms with E-state index in [4.69, 9.17) is 5.11 Å². The number of aryl methyl sites for hydroxylation is 1. The van der Waals surface area contributed by atoms with Gasteiger partial charge in [-0.1, -0.05) is 24.3 Å². The van der Waals surface area contributed by atoms with Gasteiger partial charge in [-0.05, 0) is 12.5 Å². The quantitative estimate of drug-likeness (QED) is 0.716. The third-order valence-corrected chi connectivity index (χ3v) is 2.79. The third-order valence-electron chi connectivity index (χ3n) is 2.79. The highest BCUT2D eigenvalue weighted by Gasteiger charge is 2.15. The Morgan fingerprint density at radius 1 is 1.39 bits per heavy atom. The van der Waals surface area contributed by atoms with Gasteiger partial charge in [0.2, 0.25) is 0 Å². The maximum atomic E-state index is 11.0. The summed E-state index contributed by atoms with van der Waals surface area (Å²) in [5, 5.41) is 11.9. The maximum absolute atomic E-state index is 11.0. The summed E-state index contributed by atoms with van der Waals surface area (Å²) in [5.41, 5.74) is 2.06. The molecule has 0 saturated heterocycles. The van der Waals surface area contributed by atoms with Gasteiger partial charge in [-0.3, -0.25) is 5.10 Å². The zero-order valence-corrected chi connectivity index (χ0v) is 9.58. The number of aromatic nitrogens is 4. The molecule has 0 aliphatic heterocycles. The van der Waals surface area contributed by atoms with Crippen LogP contribution in [0, 0.1) is 6.92 Å². The van der Waals surface area contributed by atoms with E-state index in [1.54, 1.807) is 0 Å². The number of nitrogens with one attached hydrogen (secondary N) is 1. The average molecular weight is 242 g/mol. The molecule has 0 radical (unpaired) electrons. The Morgan fingerprint density at radius 2 is 2.17 bits per heavy atom. The minimum absolute atomic E-state index is 0.0670. The molecule has 2 N–H and O–H groups in total. The molecule has 0 bridgehead atoms. The number of H-pyrrole nitrogens is 1. The molecule has 0 atom stereocenters. The molecular formula is C12H10N4O2. The normalized spacial score (nSPS) is 10.9. The predicted molar refractivity (Wildman–Crippen MR) is 64.5 cm³/mol. The second-order valence-corrected chi connectivity index (χ2v) is 3.97. The molecular weight excluding hydrogens is 232 g/mol. The summed E-state index contributed by atoms with van der Waals surface area (Å²) >= 11 is 0. The van der Waals surface area contributed by atoms with Crippen molar-refractivity contribution < 1.29 is 9.90 Å². The van der Waals surface area contributed by atoms with Gasteiger partial charge in [-0.15, -0.1) is 0 Å². The first-order valence-electron chi connectivity index (χ1n) is 5.39. The van der Waals surface area contributed by atoms with Crippen molar-refractivity contribution >= 4 is 11.7 Å². The van der Waals surface area contributed by atoms with Crippen LogP contribution in [0.2, 0.25) is 0 Å². The van der Waals surface area contributed by atoms with Gasteiger partial charge in [-0.25, -0.2) is 14.3 Å². The van der Waals surface area contributed by atoms with Crippen LogP contribution in [-0.4, -0.2) is 30.7 Å². The third kappa shape index (κ3) is 1.46. The Labute approximate surface area is 102 Å². The van der Waals surface area contributed by atoms with Crippen molar-refractivity contribution in [2.45, 2.75) is 6.92 Å². The summed E-state index contributed by atoms with van der Waals surface area (Å²) in [5.74, 6) is -0.0770. The van der Waals surface area contributed by atoms with Crippen molar-refractivity contribution in [2.24, 2.45) is 0 Å². The lowest BCUT2D eigenvalue weighted by molar-refractivity contribution is 0.0688. The van der Waals surface area contributed by atoms with Gasteiger partial charge in [0.1, 0.15) is 0 Å². The number of benzene rings is 1. The number of carbonyl (C=O) groups is 1. The molecule has 6 heteroatoms. The van der Waals surface area contributed by atoms with Crippen LogP contribution in [0.1, 0.15) is 16.1 Å². The van der Waals surface area contributed by atoms with Crippen molar-refractivity contribution in [1.82, 2.24) is 19.6 Å². The number of aromatic amines is 1. The summed E-state index contributed by atoms with van der Waals surface area (Å²) in [7, 11) is 0. The van der Waals surface area contributed by atoms with Crippen molar-refractivity contribution in [3.63, 3.8) is 0 Å². The van der Waals surface area contributed by atoms with Crippen LogP contribution in [0.5, 0.6) is 0 Å². The zero-order chi connectivity index (χ0) is 12.7. The monoisotopic (exact) mass is 242 g/mol. The number of carboxylic acid groups (broad SMARTS) is 1. The zero-order valence-electron chi connectivity index (χ0n) is 9.58. The van der Waals surface area contributed by atoms with Gasteiger partial charge in [0.25, 0.3) is 5.78 Å². The molecule has 18 heavy (non-hydrogen) atoms. The van der Waals surface area contributed by atoms with Crippen molar-refractivity contribution in [3.8, 4) is 11.4 Å². The van der Waals surface area contributed by atoms with Gasteiger partial charge in [0.05, 0.1) is 6.20 Å². The average Bonchev–Trinajstić information content (AvgIpc) is 2.88. The van der Waals surface area contributed by atoms with E-state index in [9.17, 15) is 4.79 Å². The molecule has 0 amide bonds. The molecule has 2 aromatic heterocycles. The molecule has 0 fully saturated rings. The number of hydrogen-bond acceptors (Lipinski definition) is 3. The first-order chi connectivity index (χ1) is 8.66. The first-order valence-corrected chi connectivity index (χ1v) is 5.39. The van der Waals surface area contributed by atoms with Gasteiger partial charge in [-0.2, -0.15) is 4.98 Å². The second kappa shape index (κ2) is 3.69. The Bertz CT molecular complexity index is 741. The van der Waals surface area contributed by atoms with E-state index in [1.807, 2.05) is 31.2 Å². The van der Waals surface area contributed by atoms with Crippen molar-refractivity contribution in [3.05, 3.63) is 41.7 Å². The fourth-order valence-electron chi connectivity index (χ4n) is 1.87. The van der Waals surface area contributed by atoms with Crippen LogP contribution in [0.3, 0.4) is 0 Å². The molecule has 6 nitrogen and oxygen atoms in total. The molecule has 0 saturated carbocycles. The van der Waals surface area contributed by atoms with Gasteiger partial charge in [0, 0.05) is 5.56 Å². The molecule has 2 heterocycles. The molecule has 0 aliphatic rings.